The van der Waals surface area contributed by atoms with Crippen LogP contribution in [0.5, 0.6) is 5.88 Å². The summed E-state index contributed by atoms with van der Waals surface area (Å²) < 4.78 is 22.6. The number of aromatic nitrogens is 4. The molecule has 0 aliphatic heterocycles. The predicted octanol–water partition coefficient (Wildman–Crippen LogP) is 4.28. The van der Waals surface area contributed by atoms with Gasteiger partial charge in [0, 0.05) is 23.8 Å². The molecule has 1 aliphatic rings. The Hall–Kier alpha value is -1.97. The van der Waals surface area contributed by atoms with Crippen LogP contribution in [0.3, 0.4) is 0 Å². The molecule has 0 spiro atoms. The number of rotatable bonds is 4. The fraction of sp³-hybridized carbons (Fsp3) is 0.421. The van der Waals surface area contributed by atoms with Gasteiger partial charge in [0.15, 0.2) is 5.82 Å². The first kappa shape index (κ1) is 18.4. The third kappa shape index (κ3) is 3.59. The number of ether oxygens (including phenoxy) is 1. The van der Waals surface area contributed by atoms with Gasteiger partial charge in [0.2, 0.25) is 0 Å². The summed E-state index contributed by atoms with van der Waals surface area (Å²) in [5.41, 5.74) is 7.97. The minimum absolute atomic E-state index is 0.0272. The van der Waals surface area contributed by atoms with Crippen LogP contribution in [0.4, 0.5) is 10.2 Å². The molecule has 0 amide bonds. The maximum absolute atomic E-state index is 14.1. The Kier molecular flexibility index (Phi) is 5.16. The molecule has 3 heterocycles. The molecule has 3 aromatic rings. The average molecular weight is 481 g/mol. The Bertz CT molecular complexity index is 968. The summed E-state index contributed by atoms with van der Waals surface area (Å²) in [5, 5.41) is 5.88. The van der Waals surface area contributed by atoms with Gasteiger partial charge in [0.1, 0.15) is 11.9 Å². The van der Waals surface area contributed by atoms with Crippen molar-refractivity contribution in [2.75, 3.05) is 5.73 Å². The molecule has 0 atom stereocenters. The Labute approximate surface area is 170 Å². The molecular weight excluding hydrogens is 460 g/mol. The number of aryl methyl sites for hydroxylation is 1. The molecule has 1 saturated carbocycles. The number of hydrogen-bond donors (Lipinski definition) is 1. The summed E-state index contributed by atoms with van der Waals surface area (Å²) in [6, 6.07) is 3.81. The van der Waals surface area contributed by atoms with E-state index in [4.69, 9.17) is 15.6 Å². The molecule has 3 aromatic heterocycles. The molecule has 4 rings (SSSR count). The van der Waals surface area contributed by atoms with Crippen molar-refractivity contribution in [3.05, 3.63) is 39.6 Å². The number of nitrogens with two attached hydrogens (primary N) is 1. The van der Waals surface area contributed by atoms with Crippen LogP contribution in [0.1, 0.15) is 44.3 Å². The van der Waals surface area contributed by atoms with E-state index in [0.717, 1.165) is 48.7 Å². The lowest BCUT2D eigenvalue weighted by molar-refractivity contribution is 0.120. The van der Waals surface area contributed by atoms with Crippen LogP contribution in [0.25, 0.3) is 10.9 Å². The van der Waals surface area contributed by atoms with E-state index in [9.17, 15) is 4.39 Å². The molecule has 0 saturated heterocycles. The highest BCUT2D eigenvalue weighted by atomic mass is 127. The summed E-state index contributed by atoms with van der Waals surface area (Å²) in [5.74, 6) is 0.222. The Morgan fingerprint density at radius 2 is 2.07 bits per heavy atom. The van der Waals surface area contributed by atoms with Crippen LogP contribution < -0.4 is 10.5 Å². The van der Waals surface area contributed by atoms with Gasteiger partial charge in [-0.3, -0.25) is 4.68 Å². The van der Waals surface area contributed by atoms with Gasteiger partial charge in [-0.15, -0.1) is 0 Å². The summed E-state index contributed by atoms with van der Waals surface area (Å²) >= 11 is 1.95. The smallest absolute Gasteiger partial charge is 0.251 e. The zero-order valence-electron chi connectivity index (χ0n) is 15.0. The van der Waals surface area contributed by atoms with Crippen molar-refractivity contribution in [1.82, 2.24) is 19.7 Å². The van der Waals surface area contributed by atoms with E-state index in [1.807, 2.05) is 34.9 Å². The lowest BCUT2D eigenvalue weighted by Gasteiger charge is -2.29. The fourth-order valence-electron chi connectivity index (χ4n) is 3.70. The van der Waals surface area contributed by atoms with E-state index in [1.54, 1.807) is 12.3 Å². The van der Waals surface area contributed by atoms with Gasteiger partial charge in [-0.05, 0) is 60.8 Å². The van der Waals surface area contributed by atoms with Crippen LogP contribution >= 0.6 is 22.6 Å². The molecule has 142 valence electrons. The van der Waals surface area contributed by atoms with Crippen molar-refractivity contribution < 1.29 is 9.13 Å². The van der Waals surface area contributed by atoms with Gasteiger partial charge in [-0.1, -0.05) is 6.92 Å². The summed E-state index contributed by atoms with van der Waals surface area (Å²) in [7, 11) is 0. The Balaban J connectivity index is 1.50. The molecule has 1 aliphatic carbocycles. The second-order valence-electron chi connectivity index (χ2n) is 6.83. The van der Waals surface area contributed by atoms with Gasteiger partial charge in [0.25, 0.3) is 5.88 Å². The first-order chi connectivity index (χ1) is 13.1. The third-order valence-electron chi connectivity index (χ3n) is 5.10. The van der Waals surface area contributed by atoms with E-state index < -0.39 is 0 Å². The SMILES string of the molecule is CCc1nn(C2CCC(Oc3nccc(I)c3F)CC2)c2cc(N)ncc12. The van der Waals surface area contributed by atoms with Crippen molar-refractivity contribution >= 4 is 39.3 Å². The van der Waals surface area contributed by atoms with E-state index in [-0.39, 0.29) is 23.8 Å². The van der Waals surface area contributed by atoms with Crippen LogP contribution in [-0.4, -0.2) is 25.9 Å². The van der Waals surface area contributed by atoms with Gasteiger partial charge >= 0.3 is 0 Å². The minimum Gasteiger partial charge on any atom is -0.472 e. The summed E-state index contributed by atoms with van der Waals surface area (Å²) in [4.78, 5) is 8.25. The molecule has 1 fully saturated rings. The molecule has 6 nitrogen and oxygen atoms in total. The van der Waals surface area contributed by atoms with E-state index >= 15 is 0 Å². The minimum atomic E-state index is -0.381. The molecule has 27 heavy (non-hydrogen) atoms. The third-order valence-corrected chi connectivity index (χ3v) is 5.94. The zero-order chi connectivity index (χ0) is 19.0. The molecule has 0 unspecified atom stereocenters. The van der Waals surface area contributed by atoms with Crippen LogP contribution in [0, 0.1) is 9.39 Å². The lowest BCUT2D eigenvalue weighted by Crippen LogP contribution is -2.27. The van der Waals surface area contributed by atoms with Crippen LogP contribution in [0.15, 0.2) is 24.5 Å². The average Bonchev–Trinajstić information content (AvgIpc) is 3.04. The van der Waals surface area contributed by atoms with Gasteiger partial charge < -0.3 is 10.5 Å². The molecule has 2 N–H and O–H groups in total. The summed E-state index contributed by atoms with van der Waals surface area (Å²) in [6.45, 7) is 2.09. The predicted molar refractivity (Wildman–Crippen MR) is 110 cm³/mol. The number of pyridine rings is 2. The van der Waals surface area contributed by atoms with E-state index in [1.165, 1.54) is 0 Å². The topological polar surface area (TPSA) is 78.8 Å². The van der Waals surface area contributed by atoms with Gasteiger partial charge in [-0.2, -0.15) is 9.49 Å². The maximum atomic E-state index is 14.1. The standard InChI is InChI=1S/C19H21FIN5O/c1-2-15-13-10-24-17(22)9-16(13)26(25-15)11-3-5-12(6-4-11)27-19-18(20)14(21)7-8-23-19/h7-12H,2-6H2,1H3,(H2,22,24). The summed E-state index contributed by atoms with van der Waals surface area (Å²) in [6.07, 6.45) is 7.71. The monoisotopic (exact) mass is 481 g/mol. The fourth-order valence-corrected chi connectivity index (χ4v) is 4.09. The molecule has 0 aromatic carbocycles. The largest absolute Gasteiger partial charge is 0.472 e. The van der Waals surface area contributed by atoms with Crippen molar-refractivity contribution in [2.24, 2.45) is 0 Å². The molecule has 8 heteroatoms. The van der Waals surface area contributed by atoms with Crippen LogP contribution in [-0.2, 0) is 6.42 Å². The molecule has 0 bridgehead atoms. The van der Waals surface area contributed by atoms with Gasteiger partial charge in [-0.25, -0.2) is 9.97 Å². The van der Waals surface area contributed by atoms with Crippen molar-refractivity contribution in [3.63, 3.8) is 0 Å². The van der Waals surface area contributed by atoms with Gasteiger partial charge in [0.05, 0.1) is 20.8 Å². The lowest BCUT2D eigenvalue weighted by atomic mass is 9.93. The number of anilines is 1. The first-order valence-electron chi connectivity index (χ1n) is 9.16. The number of fused-ring (bicyclic) bond motifs is 1. The quantitative estimate of drug-likeness (QED) is 0.563. The normalized spacial score (nSPS) is 20.1. The maximum Gasteiger partial charge on any atom is 0.251 e. The van der Waals surface area contributed by atoms with Crippen molar-refractivity contribution in [2.45, 2.75) is 51.2 Å². The first-order valence-corrected chi connectivity index (χ1v) is 10.2. The molecule has 0 radical (unpaired) electrons. The molecular formula is C19H21FIN5O. The number of hydrogen-bond acceptors (Lipinski definition) is 5. The van der Waals surface area contributed by atoms with Crippen molar-refractivity contribution in [3.8, 4) is 5.88 Å². The van der Waals surface area contributed by atoms with Crippen molar-refractivity contribution in [1.29, 1.82) is 0 Å². The van der Waals surface area contributed by atoms with E-state index in [2.05, 4.69) is 21.6 Å². The Morgan fingerprint density at radius 1 is 1.30 bits per heavy atom. The highest BCUT2D eigenvalue weighted by Gasteiger charge is 2.27. The Morgan fingerprint density at radius 3 is 2.81 bits per heavy atom. The highest BCUT2D eigenvalue weighted by molar-refractivity contribution is 14.1. The number of nitrogens with zero attached hydrogens (tertiary/aromatic N) is 4. The number of nitrogen functional groups attached to an aromatic ring is 1. The second kappa shape index (κ2) is 7.57. The zero-order valence-corrected chi connectivity index (χ0v) is 17.2. The van der Waals surface area contributed by atoms with E-state index in [0.29, 0.717) is 9.39 Å². The second-order valence-corrected chi connectivity index (χ2v) is 7.99. The van der Waals surface area contributed by atoms with Crippen LogP contribution in [0.2, 0.25) is 0 Å². The highest BCUT2D eigenvalue weighted by Crippen LogP contribution is 2.34. The number of halogens is 2.